The van der Waals surface area contributed by atoms with Crippen molar-refractivity contribution in [2.24, 2.45) is 0 Å². The number of benzene rings is 3. The Morgan fingerprint density at radius 2 is 1.23 bits per heavy atom. The summed E-state index contributed by atoms with van der Waals surface area (Å²) in [5.74, 6) is 0. The monoisotopic (exact) mass is 305 g/mol. The van der Waals surface area contributed by atoms with Gasteiger partial charge in [-0.2, -0.15) is 0 Å². The lowest BCUT2D eigenvalue weighted by Crippen LogP contribution is -2.24. The Balaban J connectivity index is 2.24. The van der Waals surface area contributed by atoms with Gasteiger partial charge in [0.05, 0.1) is 0 Å². The van der Waals surface area contributed by atoms with Gasteiger partial charge in [-0.25, -0.2) is 0 Å². The molecule has 0 aliphatic rings. The average molecular weight is 305 g/mol. The summed E-state index contributed by atoms with van der Waals surface area (Å²) < 4.78 is 0. The van der Waals surface area contributed by atoms with E-state index in [0.29, 0.717) is 0 Å². The first-order valence-electron chi connectivity index (χ1n) is 7.49. The summed E-state index contributed by atoms with van der Waals surface area (Å²) in [4.78, 5) is 0. The molecule has 3 aromatic rings. The van der Waals surface area contributed by atoms with E-state index in [1.807, 2.05) is 7.05 Å². The zero-order valence-corrected chi connectivity index (χ0v) is 13.8. The third-order valence-electron chi connectivity index (χ3n) is 3.76. The van der Waals surface area contributed by atoms with Crippen LogP contribution in [0.15, 0.2) is 78.9 Å². The molecule has 0 bridgehead atoms. The van der Waals surface area contributed by atoms with E-state index in [0.717, 1.165) is 0 Å². The van der Waals surface area contributed by atoms with Gasteiger partial charge in [-0.3, -0.25) is 0 Å². The molecule has 0 aliphatic carbocycles. The van der Waals surface area contributed by atoms with Crippen molar-refractivity contribution >= 4 is 29.5 Å². The normalized spacial score (nSPS) is 10.7. The summed E-state index contributed by atoms with van der Waals surface area (Å²) in [5.41, 5.74) is 2.56. The van der Waals surface area contributed by atoms with Gasteiger partial charge in [0, 0.05) is 18.0 Å². The van der Waals surface area contributed by atoms with Gasteiger partial charge in [0.15, 0.2) is 0 Å². The molecule has 0 unspecified atom stereocenters. The molecule has 3 rings (SSSR count). The van der Waals surface area contributed by atoms with E-state index < -0.39 is 7.92 Å². The van der Waals surface area contributed by atoms with Crippen LogP contribution < -0.4 is 21.2 Å². The first-order valence-corrected chi connectivity index (χ1v) is 8.83. The highest BCUT2D eigenvalue weighted by Crippen LogP contribution is 2.36. The molecule has 0 saturated heterocycles. The lowest BCUT2D eigenvalue weighted by molar-refractivity contribution is 1.47. The minimum atomic E-state index is -0.556. The van der Waals surface area contributed by atoms with Gasteiger partial charge in [-0.1, -0.05) is 72.8 Å². The van der Waals surface area contributed by atoms with Gasteiger partial charge in [0.25, 0.3) is 0 Å². The second-order valence-electron chi connectivity index (χ2n) is 5.23. The molecule has 2 heteroatoms. The van der Waals surface area contributed by atoms with E-state index in [1.54, 1.807) is 0 Å². The van der Waals surface area contributed by atoms with Crippen molar-refractivity contribution in [2.45, 2.75) is 6.92 Å². The third-order valence-corrected chi connectivity index (χ3v) is 6.43. The number of anilines is 1. The molecule has 0 atom stereocenters. The SMILES string of the molecule is CNc1cccc(C)c1P(c1ccccc1)c1ccccc1. The topological polar surface area (TPSA) is 12.0 Å². The Labute approximate surface area is 133 Å². The molecule has 0 spiro atoms. The average Bonchev–Trinajstić information content (AvgIpc) is 2.58. The zero-order valence-electron chi connectivity index (χ0n) is 13.0. The summed E-state index contributed by atoms with van der Waals surface area (Å²) in [6.45, 7) is 2.21. The highest BCUT2D eigenvalue weighted by molar-refractivity contribution is 7.80. The van der Waals surface area contributed by atoms with Gasteiger partial charge in [0.2, 0.25) is 0 Å². The number of nitrogens with one attached hydrogen (secondary N) is 1. The maximum absolute atomic E-state index is 3.37. The smallest absolute Gasteiger partial charge is 0.0425 e. The Morgan fingerprint density at radius 1 is 0.682 bits per heavy atom. The van der Waals surface area contributed by atoms with Crippen LogP contribution in [-0.2, 0) is 0 Å². The highest BCUT2D eigenvalue weighted by atomic mass is 31.1. The van der Waals surface area contributed by atoms with Crippen LogP contribution in [0.1, 0.15) is 5.56 Å². The summed E-state index contributed by atoms with van der Waals surface area (Å²) in [6.07, 6.45) is 0. The van der Waals surface area contributed by atoms with Crippen LogP contribution in [0.5, 0.6) is 0 Å². The quantitative estimate of drug-likeness (QED) is 0.723. The lowest BCUT2D eigenvalue weighted by Gasteiger charge is -2.24. The van der Waals surface area contributed by atoms with Gasteiger partial charge < -0.3 is 5.32 Å². The Bertz CT molecular complexity index is 699. The summed E-state index contributed by atoms with van der Waals surface area (Å²) in [5, 5.41) is 7.55. The summed E-state index contributed by atoms with van der Waals surface area (Å²) >= 11 is 0. The van der Waals surface area contributed by atoms with Crippen LogP contribution in [0.4, 0.5) is 5.69 Å². The molecule has 1 nitrogen and oxygen atoms in total. The predicted molar refractivity (Wildman–Crippen MR) is 99.4 cm³/mol. The van der Waals surface area contributed by atoms with Gasteiger partial charge in [0.1, 0.15) is 0 Å². The highest BCUT2D eigenvalue weighted by Gasteiger charge is 2.20. The molecule has 0 fully saturated rings. The fourth-order valence-electron chi connectivity index (χ4n) is 2.72. The van der Waals surface area contributed by atoms with Crippen molar-refractivity contribution in [3.63, 3.8) is 0 Å². The van der Waals surface area contributed by atoms with E-state index in [-0.39, 0.29) is 0 Å². The van der Waals surface area contributed by atoms with Crippen LogP contribution in [0.25, 0.3) is 0 Å². The van der Waals surface area contributed by atoms with Crippen molar-refractivity contribution in [3.8, 4) is 0 Å². The predicted octanol–water partition coefficient (Wildman–Crippen LogP) is 3.79. The minimum absolute atomic E-state index is 0.556. The van der Waals surface area contributed by atoms with Crippen LogP contribution in [0.3, 0.4) is 0 Å². The van der Waals surface area contributed by atoms with Crippen molar-refractivity contribution in [1.82, 2.24) is 0 Å². The molecule has 0 aromatic heterocycles. The molecular formula is C20H20NP. The van der Waals surface area contributed by atoms with E-state index in [2.05, 4.69) is 91.1 Å². The van der Waals surface area contributed by atoms with E-state index in [1.165, 1.54) is 27.2 Å². The van der Waals surface area contributed by atoms with Gasteiger partial charge >= 0.3 is 0 Å². The largest absolute Gasteiger partial charge is 0.388 e. The number of hydrogen-bond acceptors (Lipinski definition) is 1. The maximum Gasteiger partial charge on any atom is 0.0425 e. The molecule has 0 aliphatic heterocycles. The molecule has 110 valence electrons. The first kappa shape index (κ1) is 14.8. The van der Waals surface area contributed by atoms with E-state index >= 15 is 0 Å². The van der Waals surface area contributed by atoms with Crippen molar-refractivity contribution in [3.05, 3.63) is 84.4 Å². The van der Waals surface area contributed by atoms with Crippen LogP contribution in [0.2, 0.25) is 0 Å². The number of hydrogen-bond donors (Lipinski definition) is 1. The molecule has 0 amide bonds. The van der Waals surface area contributed by atoms with Crippen molar-refractivity contribution < 1.29 is 0 Å². The van der Waals surface area contributed by atoms with Crippen LogP contribution in [0, 0.1) is 6.92 Å². The number of aryl methyl sites for hydroxylation is 1. The summed E-state index contributed by atoms with van der Waals surface area (Å²) in [7, 11) is 1.45. The molecule has 0 radical (unpaired) electrons. The second-order valence-corrected chi connectivity index (χ2v) is 7.38. The zero-order chi connectivity index (χ0) is 15.4. The molecule has 0 saturated carbocycles. The van der Waals surface area contributed by atoms with Gasteiger partial charge in [-0.05, 0) is 37.1 Å². The van der Waals surface area contributed by atoms with E-state index in [9.17, 15) is 0 Å². The molecule has 3 aromatic carbocycles. The minimum Gasteiger partial charge on any atom is -0.388 e. The lowest BCUT2D eigenvalue weighted by atomic mass is 10.2. The van der Waals surface area contributed by atoms with Crippen molar-refractivity contribution in [2.75, 3.05) is 12.4 Å². The Morgan fingerprint density at radius 3 is 1.73 bits per heavy atom. The van der Waals surface area contributed by atoms with Crippen LogP contribution in [-0.4, -0.2) is 7.05 Å². The molecule has 22 heavy (non-hydrogen) atoms. The molecular weight excluding hydrogens is 285 g/mol. The standard InChI is InChI=1S/C20H20NP/c1-16-10-9-15-19(21-2)20(16)22(17-11-5-3-6-12-17)18-13-7-4-8-14-18/h3-15,21H,1-2H3. The van der Waals surface area contributed by atoms with E-state index in [4.69, 9.17) is 0 Å². The molecule has 0 heterocycles. The maximum atomic E-state index is 3.37. The van der Waals surface area contributed by atoms with Gasteiger partial charge in [-0.15, -0.1) is 0 Å². The van der Waals surface area contributed by atoms with Crippen LogP contribution >= 0.6 is 7.92 Å². The fraction of sp³-hybridized carbons (Fsp3) is 0.100. The Hall–Kier alpha value is -2.11. The fourth-order valence-corrected chi connectivity index (χ4v) is 5.33. The summed E-state index contributed by atoms with van der Waals surface area (Å²) in [6, 6.07) is 28.1. The number of rotatable bonds is 4. The van der Waals surface area contributed by atoms with Crippen molar-refractivity contribution in [1.29, 1.82) is 0 Å². The third kappa shape index (κ3) is 2.91. The molecule has 1 N–H and O–H groups in total. The Kier molecular flexibility index (Phi) is 4.56. The second kappa shape index (κ2) is 6.77. The first-order chi connectivity index (χ1) is 10.8.